The highest BCUT2D eigenvalue weighted by atomic mass is 15.2. The zero-order valence-corrected chi connectivity index (χ0v) is 11.7. The average molecular weight is 246 g/mol. The van der Waals surface area contributed by atoms with Crippen LogP contribution in [0.3, 0.4) is 0 Å². The van der Waals surface area contributed by atoms with E-state index in [9.17, 15) is 0 Å². The van der Waals surface area contributed by atoms with Crippen LogP contribution in [0.2, 0.25) is 0 Å². The van der Waals surface area contributed by atoms with Crippen molar-refractivity contribution in [3.63, 3.8) is 0 Å². The van der Waals surface area contributed by atoms with Gasteiger partial charge >= 0.3 is 0 Å². The van der Waals surface area contributed by atoms with E-state index in [2.05, 4.69) is 54.4 Å². The van der Waals surface area contributed by atoms with E-state index < -0.39 is 0 Å². The summed E-state index contributed by atoms with van der Waals surface area (Å²) in [6, 6.07) is 11.5. The van der Waals surface area contributed by atoms with Crippen LogP contribution in [0.25, 0.3) is 0 Å². The zero-order chi connectivity index (χ0) is 12.8. The van der Waals surface area contributed by atoms with Gasteiger partial charge in [-0.05, 0) is 37.4 Å². The maximum absolute atomic E-state index is 3.55. The number of unbranched alkanes of at least 4 members (excludes halogenated alkanes) is 1. The molecule has 1 heterocycles. The number of benzene rings is 1. The summed E-state index contributed by atoms with van der Waals surface area (Å²) in [4.78, 5) is 2.61. The molecular weight excluding hydrogens is 220 g/mol. The van der Waals surface area contributed by atoms with Gasteiger partial charge in [0, 0.05) is 24.8 Å². The third kappa shape index (κ3) is 3.26. The molecule has 2 unspecified atom stereocenters. The van der Waals surface area contributed by atoms with Crippen LogP contribution in [0.4, 0.5) is 5.69 Å². The second-order valence-electron chi connectivity index (χ2n) is 5.42. The van der Waals surface area contributed by atoms with E-state index in [0.717, 1.165) is 12.5 Å². The van der Waals surface area contributed by atoms with E-state index in [-0.39, 0.29) is 0 Å². The van der Waals surface area contributed by atoms with Crippen LogP contribution >= 0.6 is 0 Å². The lowest BCUT2D eigenvalue weighted by Gasteiger charge is -2.40. The molecule has 0 aliphatic carbocycles. The Morgan fingerprint density at radius 2 is 2.06 bits per heavy atom. The number of hydrogen-bond donors (Lipinski definition) is 1. The van der Waals surface area contributed by atoms with E-state index in [4.69, 9.17) is 0 Å². The molecule has 0 spiro atoms. The Morgan fingerprint density at radius 3 is 2.72 bits per heavy atom. The van der Waals surface area contributed by atoms with Crippen LogP contribution in [0.5, 0.6) is 0 Å². The minimum atomic E-state index is 0.646. The van der Waals surface area contributed by atoms with E-state index in [1.165, 1.54) is 38.0 Å². The molecule has 2 heteroatoms. The topological polar surface area (TPSA) is 15.3 Å². The molecule has 2 nitrogen and oxygen atoms in total. The molecule has 0 radical (unpaired) electrons. The summed E-state index contributed by atoms with van der Waals surface area (Å²) in [6.07, 6.45) is 3.83. The average Bonchev–Trinajstić information content (AvgIpc) is 2.42. The Morgan fingerprint density at radius 1 is 1.28 bits per heavy atom. The van der Waals surface area contributed by atoms with Gasteiger partial charge in [-0.3, -0.25) is 0 Å². The molecule has 1 aliphatic heterocycles. The summed E-state index contributed by atoms with van der Waals surface area (Å²) in [7, 11) is 0. The number of nitrogens with zero attached hydrogens (tertiary/aromatic N) is 1. The Kier molecular flexibility index (Phi) is 5.06. The number of nitrogens with one attached hydrogen (secondary N) is 1. The monoisotopic (exact) mass is 246 g/mol. The normalized spacial score (nSPS) is 23.9. The van der Waals surface area contributed by atoms with Crippen molar-refractivity contribution in [1.82, 2.24) is 5.32 Å². The van der Waals surface area contributed by atoms with Crippen molar-refractivity contribution in [2.45, 2.75) is 39.2 Å². The molecule has 0 saturated carbocycles. The summed E-state index contributed by atoms with van der Waals surface area (Å²) in [5.74, 6) is 0.781. The molecular formula is C16H26N2. The zero-order valence-electron chi connectivity index (χ0n) is 11.7. The lowest BCUT2D eigenvalue weighted by Crippen LogP contribution is -2.51. The number of anilines is 1. The highest BCUT2D eigenvalue weighted by Gasteiger charge is 2.26. The molecule has 2 atom stereocenters. The van der Waals surface area contributed by atoms with E-state index in [1.807, 2.05) is 0 Å². The van der Waals surface area contributed by atoms with Gasteiger partial charge in [0.1, 0.15) is 0 Å². The van der Waals surface area contributed by atoms with E-state index >= 15 is 0 Å². The molecule has 1 aromatic rings. The third-order valence-corrected chi connectivity index (χ3v) is 4.03. The fraction of sp³-hybridized carbons (Fsp3) is 0.625. The predicted octanol–water partition coefficient (Wildman–Crippen LogP) is 3.29. The van der Waals surface area contributed by atoms with Gasteiger partial charge in [-0.2, -0.15) is 0 Å². The van der Waals surface area contributed by atoms with Crippen LogP contribution in [-0.2, 0) is 0 Å². The van der Waals surface area contributed by atoms with Gasteiger partial charge in [-0.15, -0.1) is 0 Å². The van der Waals surface area contributed by atoms with Crippen molar-refractivity contribution in [2.24, 2.45) is 5.92 Å². The van der Waals surface area contributed by atoms with Crippen LogP contribution in [0.15, 0.2) is 30.3 Å². The fourth-order valence-corrected chi connectivity index (χ4v) is 2.82. The standard InChI is InChI=1S/C16H26N2/c1-3-4-12-18(15-8-6-5-7-9-15)16-13-17-11-10-14(16)2/h5-9,14,16-17H,3-4,10-13H2,1-2H3. The molecule has 2 rings (SSSR count). The Bertz CT molecular complexity index is 336. The van der Waals surface area contributed by atoms with Gasteiger partial charge in [0.05, 0.1) is 0 Å². The number of para-hydroxylation sites is 1. The second kappa shape index (κ2) is 6.79. The SMILES string of the molecule is CCCCN(c1ccccc1)C1CNCCC1C. The minimum absolute atomic E-state index is 0.646. The van der Waals surface area contributed by atoms with Crippen LogP contribution in [-0.4, -0.2) is 25.7 Å². The molecule has 1 N–H and O–H groups in total. The van der Waals surface area contributed by atoms with Gasteiger partial charge in [-0.25, -0.2) is 0 Å². The van der Waals surface area contributed by atoms with Crippen molar-refractivity contribution < 1.29 is 0 Å². The maximum atomic E-state index is 3.55. The first-order valence-electron chi connectivity index (χ1n) is 7.35. The van der Waals surface area contributed by atoms with Crippen LogP contribution < -0.4 is 10.2 Å². The van der Waals surface area contributed by atoms with Crippen molar-refractivity contribution in [1.29, 1.82) is 0 Å². The largest absolute Gasteiger partial charge is 0.367 e. The number of rotatable bonds is 5. The van der Waals surface area contributed by atoms with Gasteiger partial charge in [0.25, 0.3) is 0 Å². The highest BCUT2D eigenvalue weighted by molar-refractivity contribution is 5.47. The van der Waals surface area contributed by atoms with Crippen molar-refractivity contribution in [2.75, 3.05) is 24.5 Å². The number of piperidine rings is 1. The minimum Gasteiger partial charge on any atom is -0.367 e. The lowest BCUT2D eigenvalue weighted by molar-refractivity contribution is 0.328. The van der Waals surface area contributed by atoms with Gasteiger partial charge in [0.2, 0.25) is 0 Å². The van der Waals surface area contributed by atoms with Gasteiger partial charge in [0.15, 0.2) is 0 Å². The lowest BCUT2D eigenvalue weighted by atomic mass is 9.92. The first kappa shape index (κ1) is 13.4. The summed E-state index contributed by atoms with van der Waals surface area (Å²) >= 11 is 0. The Hall–Kier alpha value is -1.02. The first-order valence-corrected chi connectivity index (χ1v) is 7.35. The van der Waals surface area contributed by atoms with Crippen molar-refractivity contribution in [3.05, 3.63) is 30.3 Å². The maximum Gasteiger partial charge on any atom is 0.0440 e. The van der Waals surface area contributed by atoms with Crippen LogP contribution in [0, 0.1) is 5.92 Å². The molecule has 1 saturated heterocycles. The Balaban J connectivity index is 2.13. The third-order valence-electron chi connectivity index (χ3n) is 4.03. The summed E-state index contributed by atoms with van der Waals surface area (Å²) in [5.41, 5.74) is 1.38. The smallest absolute Gasteiger partial charge is 0.0440 e. The first-order chi connectivity index (χ1) is 8.83. The Labute approximate surface area is 111 Å². The summed E-state index contributed by atoms with van der Waals surface area (Å²) in [6.45, 7) is 8.14. The molecule has 0 aromatic heterocycles. The predicted molar refractivity (Wildman–Crippen MR) is 79.1 cm³/mol. The molecule has 100 valence electrons. The molecule has 1 fully saturated rings. The van der Waals surface area contributed by atoms with Gasteiger partial charge < -0.3 is 10.2 Å². The number of hydrogen-bond acceptors (Lipinski definition) is 2. The van der Waals surface area contributed by atoms with Gasteiger partial charge in [-0.1, -0.05) is 38.5 Å². The highest BCUT2D eigenvalue weighted by Crippen LogP contribution is 2.24. The van der Waals surface area contributed by atoms with Crippen molar-refractivity contribution in [3.8, 4) is 0 Å². The summed E-state index contributed by atoms with van der Waals surface area (Å²) in [5, 5.41) is 3.55. The molecule has 1 aromatic carbocycles. The van der Waals surface area contributed by atoms with E-state index in [1.54, 1.807) is 0 Å². The quantitative estimate of drug-likeness (QED) is 0.857. The molecule has 1 aliphatic rings. The van der Waals surface area contributed by atoms with E-state index in [0.29, 0.717) is 6.04 Å². The molecule has 18 heavy (non-hydrogen) atoms. The van der Waals surface area contributed by atoms with Crippen molar-refractivity contribution >= 4 is 5.69 Å². The second-order valence-corrected chi connectivity index (χ2v) is 5.42. The molecule has 0 amide bonds. The van der Waals surface area contributed by atoms with Crippen LogP contribution in [0.1, 0.15) is 33.1 Å². The molecule has 0 bridgehead atoms. The fourth-order valence-electron chi connectivity index (χ4n) is 2.82. The summed E-state index contributed by atoms with van der Waals surface area (Å²) < 4.78 is 0.